The van der Waals surface area contributed by atoms with Crippen LogP contribution in [0.1, 0.15) is 119 Å². The number of nitrogens with zero attached hydrogens (tertiary/aromatic N) is 1. The van der Waals surface area contributed by atoms with Gasteiger partial charge in [0.15, 0.2) is 41.4 Å². The molecule has 3 aromatic carbocycles. The second kappa shape index (κ2) is 28.0. The largest absolute Gasteiger partial charge is 0.514 e. The third-order valence-electron chi connectivity index (χ3n) is 16.7. The van der Waals surface area contributed by atoms with Crippen LogP contribution >= 0.6 is 0 Å². The van der Waals surface area contributed by atoms with Crippen molar-refractivity contribution in [2.45, 2.75) is 147 Å². The van der Waals surface area contributed by atoms with Crippen LogP contribution in [0, 0.1) is 29.6 Å². The molecule has 86 heavy (non-hydrogen) atoms. The summed E-state index contributed by atoms with van der Waals surface area (Å²) in [4.78, 5) is 105. The van der Waals surface area contributed by atoms with E-state index in [0.29, 0.717) is 71.5 Å². The summed E-state index contributed by atoms with van der Waals surface area (Å²) in [5.74, 6) is -4.52. The number of aliphatic hydroxyl groups is 2. The van der Waals surface area contributed by atoms with Crippen molar-refractivity contribution in [2.24, 2.45) is 35.3 Å². The van der Waals surface area contributed by atoms with Crippen LogP contribution in [0.5, 0.6) is 28.7 Å². The maximum absolute atomic E-state index is 13.9. The van der Waals surface area contributed by atoms with Crippen molar-refractivity contribution in [3.63, 3.8) is 0 Å². The standard InChI is InChI=1S/C61H76N4O21/c1-30(2)37(23-36(66)11-8-7-9-18-65-48(68)19-31(3)57(65)72)56(71)64-41(12-10-17-63-60(62)74)42(67)20-33-13-15-34(16-14-33)26-80-61(75)86-54-45(76-5)21-35(22-46(54)77-6)49-38-24-43-44(82-29-81-43)25-39(38)53(40-27-79-58(73)50(40)49)85-59-52(70)51(69)55-47(84-59)28-78-32(4)83-55/h13-16,21-22,24-25,30-32,37,40-41,47,49-53,55,59,69-70H,7-12,17-20,23,26-29H2,1-6H3,(H,64,71)(H3,62,63,74)/t31?,32-,37+,40+,41+,47-,49-,50+,51-,52-,53-,55-,59+/m1/s1. The number of carbonyl (C=O) groups excluding carboxylic acids is 8. The number of hydrogen-bond donors (Lipinski definition) is 5. The molecule has 5 amide bonds. The number of Topliss-reactive ketones (excluding diaryl/α,β-unsaturated/α-hetero) is 2. The average Bonchev–Trinajstić information content (AvgIpc) is 1.47. The topological polar surface area (TPSA) is 332 Å². The smallest absolute Gasteiger partial charge is 0.493 e. The Hall–Kier alpha value is -7.42. The monoisotopic (exact) mass is 1200 g/mol. The first-order valence-electron chi connectivity index (χ1n) is 29.2. The molecule has 25 nitrogen and oxygen atoms in total. The Kier molecular flexibility index (Phi) is 20.5. The third-order valence-corrected chi connectivity index (χ3v) is 16.7. The highest BCUT2D eigenvalue weighted by Crippen LogP contribution is 2.57. The lowest BCUT2D eigenvalue weighted by Gasteiger charge is -2.47. The minimum absolute atomic E-state index is 0.0327. The average molecular weight is 1200 g/mol. The zero-order valence-corrected chi connectivity index (χ0v) is 49.0. The zero-order valence-electron chi connectivity index (χ0n) is 49.0. The number of hydrogen-bond acceptors (Lipinski definition) is 21. The molecule has 0 spiro atoms. The molecular weight excluding hydrogens is 1120 g/mol. The fourth-order valence-electron chi connectivity index (χ4n) is 12.1. The van der Waals surface area contributed by atoms with Crippen molar-refractivity contribution < 1.29 is 101 Å². The summed E-state index contributed by atoms with van der Waals surface area (Å²) in [6.45, 7) is 7.24. The number of cyclic esters (lactones) is 1. The van der Waals surface area contributed by atoms with Gasteiger partial charge in [0, 0.05) is 62.4 Å². The summed E-state index contributed by atoms with van der Waals surface area (Å²) in [5.41, 5.74) is 8.05. The van der Waals surface area contributed by atoms with Crippen molar-refractivity contribution in [1.29, 1.82) is 0 Å². The molecule has 4 saturated heterocycles. The van der Waals surface area contributed by atoms with E-state index in [1.165, 1.54) is 19.1 Å². The summed E-state index contributed by atoms with van der Waals surface area (Å²) >= 11 is 0. The molecule has 3 aromatic rings. The minimum Gasteiger partial charge on any atom is -0.493 e. The Balaban J connectivity index is 0.828. The number of amides is 5. The Morgan fingerprint density at radius 2 is 1.53 bits per heavy atom. The van der Waals surface area contributed by atoms with E-state index >= 15 is 0 Å². The van der Waals surface area contributed by atoms with Gasteiger partial charge in [-0.25, -0.2) is 9.59 Å². The summed E-state index contributed by atoms with van der Waals surface area (Å²) in [6, 6.07) is 11.7. The van der Waals surface area contributed by atoms with Crippen LogP contribution in [0.25, 0.3) is 0 Å². The number of rotatable bonds is 26. The van der Waals surface area contributed by atoms with Gasteiger partial charge in [0.25, 0.3) is 0 Å². The number of nitrogens with two attached hydrogens (primary N) is 1. The van der Waals surface area contributed by atoms with Gasteiger partial charge in [-0.3, -0.25) is 33.7 Å². The van der Waals surface area contributed by atoms with Gasteiger partial charge in [0.2, 0.25) is 30.3 Å². The van der Waals surface area contributed by atoms with Crippen LogP contribution in [0.2, 0.25) is 0 Å². The van der Waals surface area contributed by atoms with Gasteiger partial charge in [-0.1, -0.05) is 51.5 Å². The van der Waals surface area contributed by atoms with Crippen molar-refractivity contribution in [3.8, 4) is 28.7 Å². The lowest BCUT2D eigenvalue weighted by Crippen LogP contribution is -2.63. The van der Waals surface area contributed by atoms with Gasteiger partial charge in [0.1, 0.15) is 36.8 Å². The molecular formula is C61H76N4O21. The highest BCUT2D eigenvalue weighted by atomic mass is 16.8. The number of esters is 1. The lowest BCUT2D eigenvalue weighted by molar-refractivity contribution is -0.364. The predicted molar refractivity (Wildman–Crippen MR) is 298 cm³/mol. The van der Waals surface area contributed by atoms with Gasteiger partial charge in [-0.15, -0.1) is 0 Å². The Labute approximate surface area is 497 Å². The van der Waals surface area contributed by atoms with Gasteiger partial charge in [-0.05, 0) is 90.6 Å². The number of ether oxygens (including phenoxy) is 11. The molecule has 25 heteroatoms. The zero-order chi connectivity index (χ0) is 61.5. The first kappa shape index (κ1) is 63.1. The van der Waals surface area contributed by atoms with Crippen LogP contribution in [-0.4, -0.2) is 153 Å². The van der Waals surface area contributed by atoms with Crippen molar-refractivity contribution in [3.05, 3.63) is 76.3 Å². The molecule has 13 atom stereocenters. The predicted octanol–water partition coefficient (Wildman–Crippen LogP) is 4.58. The van der Waals surface area contributed by atoms with E-state index in [0.717, 1.165) is 0 Å². The second-order valence-electron chi connectivity index (χ2n) is 23.0. The van der Waals surface area contributed by atoms with Gasteiger partial charge in [-0.2, -0.15) is 0 Å². The Bertz CT molecular complexity index is 2980. The highest BCUT2D eigenvalue weighted by Gasteiger charge is 2.56. The lowest BCUT2D eigenvalue weighted by atomic mass is 9.66. The Morgan fingerprint density at radius 3 is 2.20 bits per heavy atom. The maximum Gasteiger partial charge on any atom is 0.514 e. The van der Waals surface area contributed by atoms with E-state index in [1.54, 1.807) is 62.4 Å². The van der Waals surface area contributed by atoms with Crippen molar-refractivity contribution in [1.82, 2.24) is 15.5 Å². The van der Waals surface area contributed by atoms with Crippen LogP contribution in [0.3, 0.4) is 0 Å². The number of ketones is 2. The van der Waals surface area contributed by atoms with E-state index in [2.05, 4.69) is 10.6 Å². The number of imide groups is 1. The Morgan fingerprint density at radius 1 is 0.837 bits per heavy atom. The molecule has 4 fully saturated rings. The third kappa shape index (κ3) is 14.4. The first-order chi connectivity index (χ1) is 41.2. The molecule has 0 radical (unpaired) electrons. The molecule has 1 aliphatic carbocycles. The molecule has 0 saturated carbocycles. The minimum atomic E-state index is -1.53. The normalized spacial score (nSPS) is 26.2. The number of benzene rings is 3. The molecule has 0 bridgehead atoms. The molecule has 6 aliphatic rings. The number of methoxy groups -OCH3 is 2. The number of nitrogens with one attached hydrogen (secondary N) is 2. The van der Waals surface area contributed by atoms with Crippen molar-refractivity contribution >= 4 is 47.4 Å². The van der Waals surface area contributed by atoms with Gasteiger partial charge in [0.05, 0.1) is 45.5 Å². The highest BCUT2D eigenvalue weighted by molar-refractivity contribution is 6.03. The molecule has 1 unspecified atom stereocenters. The number of carbonyl (C=O) groups is 8. The number of urea groups is 1. The number of likely N-dealkylation sites (tertiary alicyclic amines) is 1. The van der Waals surface area contributed by atoms with E-state index in [1.807, 2.05) is 13.8 Å². The van der Waals surface area contributed by atoms with Gasteiger partial charge < -0.3 is 78.7 Å². The fourth-order valence-corrected chi connectivity index (χ4v) is 12.1. The van der Waals surface area contributed by atoms with Crippen LogP contribution in [0.4, 0.5) is 9.59 Å². The second-order valence-corrected chi connectivity index (χ2v) is 23.0. The first-order valence-corrected chi connectivity index (χ1v) is 29.2. The molecule has 0 aromatic heterocycles. The summed E-state index contributed by atoms with van der Waals surface area (Å²) in [7, 11) is 2.74. The molecule has 466 valence electrons. The molecule has 5 aliphatic heterocycles. The maximum atomic E-state index is 13.9. The van der Waals surface area contributed by atoms with Gasteiger partial charge >= 0.3 is 18.2 Å². The van der Waals surface area contributed by atoms with Crippen LogP contribution < -0.4 is 40.1 Å². The van der Waals surface area contributed by atoms with E-state index in [9.17, 15) is 48.6 Å². The van der Waals surface area contributed by atoms with Crippen LogP contribution in [-0.2, 0) is 70.2 Å². The number of primary amides is 1. The number of aliphatic hydroxyl groups excluding tert-OH is 2. The molecule has 5 heterocycles. The summed E-state index contributed by atoms with van der Waals surface area (Å²) in [5, 5.41) is 27.9. The quantitative estimate of drug-likeness (QED) is 0.0318. The van der Waals surface area contributed by atoms with E-state index in [4.69, 9.17) is 57.8 Å². The number of fused-ring (bicyclic) bond motifs is 4. The molecule has 6 N–H and O–H groups in total. The van der Waals surface area contributed by atoms with E-state index < -0.39 is 96.9 Å². The van der Waals surface area contributed by atoms with E-state index in [-0.39, 0.29) is 118 Å². The summed E-state index contributed by atoms with van der Waals surface area (Å²) in [6.07, 6.45) is -6.04. The fraction of sp³-hybridized carbons (Fsp3) is 0.574. The SMILES string of the molecule is COc1cc([C@@H]2c3cc4c(cc3[C@@H](O[C@@H]3O[C@@H]5CO[C@@H](C)O[C@H]5[C@H](O)[C@H]3O)[C@H]3COC(=O)[C@H]23)OCO4)cc(OC)c1OC(=O)OCc1ccc(CC(=O)[C@H](CCCNC(N)=O)NC(=O)[C@@H](CC(=O)CCCCCN2C(=O)CC(C)C2=O)C(C)C)cc1. The summed E-state index contributed by atoms with van der Waals surface area (Å²) < 4.78 is 64.2. The van der Waals surface area contributed by atoms with Crippen LogP contribution in [0.15, 0.2) is 48.5 Å². The molecule has 9 rings (SSSR count). The van der Waals surface area contributed by atoms with Crippen molar-refractivity contribution in [2.75, 3.05) is 47.3 Å². The number of unbranched alkanes of at least 4 members (excludes halogenated alkanes) is 2.